The normalized spacial score (nSPS) is 16.2. The molecule has 9 rings (SSSR count). The van der Waals surface area contributed by atoms with Gasteiger partial charge in [0.2, 0.25) is 23.1 Å². The number of amides is 5. The van der Waals surface area contributed by atoms with Crippen molar-refractivity contribution in [3.8, 4) is 34.6 Å². The Morgan fingerprint density at radius 2 is 1.65 bits per heavy atom. The number of alkyl halides is 3. The number of ether oxygens (including phenoxy) is 5. The number of piperidine rings is 2. The second-order valence-electron chi connectivity index (χ2n) is 17.4. The van der Waals surface area contributed by atoms with Crippen molar-refractivity contribution in [3.05, 3.63) is 111 Å². The zero-order valence-electron chi connectivity index (χ0n) is 38.9. The van der Waals surface area contributed by atoms with E-state index in [2.05, 4.69) is 25.3 Å². The second-order valence-corrected chi connectivity index (χ2v) is 17.4. The maximum absolute atomic E-state index is 15.6. The number of carbonyl (C=O) groups is 5. The molecule has 22 heteroatoms. The number of anilines is 1. The summed E-state index contributed by atoms with van der Waals surface area (Å²) >= 11 is 0. The van der Waals surface area contributed by atoms with Gasteiger partial charge in [0.25, 0.3) is 17.7 Å². The number of pyridine rings is 1. The lowest BCUT2D eigenvalue weighted by Crippen LogP contribution is -2.52. The minimum atomic E-state index is -5.00. The van der Waals surface area contributed by atoms with E-state index >= 15 is 4.39 Å². The van der Waals surface area contributed by atoms with Crippen molar-refractivity contribution < 1.29 is 65.2 Å². The van der Waals surface area contributed by atoms with Gasteiger partial charge in [-0.1, -0.05) is 0 Å². The molecule has 3 aliphatic rings. The van der Waals surface area contributed by atoms with Crippen molar-refractivity contribution in [1.82, 2.24) is 29.7 Å². The van der Waals surface area contributed by atoms with Crippen molar-refractivity contribution in [3.63, 3.8) is 0 Å². The third-order valence-corrected chi connectivity index (χ3v) is 13.0. The summed E-state index contributed by atoms with van der Waals surface area (Å²) in [6, 6.07) is 14.3. The lowest BCUT2D eigenvalue weighted by Gasteiger charge is -2.32. The SMILES string of the molecule is COc1cc2c(Oc3ccc(NC(=O)c4c(C)n(C)c5ccc(OC(F)(F)F)cc5c4=O)cc3F)ncnc2cc1OCC(=O)N1CCC(CCOc2ccc3c(c2)CN(C2CCC(=O)NC2=O)C3=O)CC1. The fourth-order valence-corrected chi connectivity index (χ4v) is 9.14. The first-order chi connectivity index (χ1) is 34.4. The predicted octanol–water partition coefficient (Wildman–Crippen LogP) is 6.73. The van der Waals surface area contributed by atoms with Crippen LogP contribution in [0.2, 0.25) is 0 Å². The summed E-state index contributed by atoms with van der Waals surface area (Å²) in [4.78, 5) is 88.9. The number of nitrogens with zero attached hydrogens (tertiary/aromatic N) is 5. The number of imide groups is 1. The number of hydrogen-bond acceptors (Lipinski definition) is 13. The number of rotatable bonds is 14. The highest BCUT2D eigenvalue weighted by atomic mass is 19.4. The molecule has 0 aliphatic carbocycles. The Morgan fingerprint density at radius 1 is 0.875 bits per heavy atom. The van der Waals surface area contributed by atoms with E-state index in [0.29, 0.717) is 47.8 Å². The zero-order chi connectivity index (χ0) is 51.0. The molecule has 374 valence electrons. The molecule has 18 nitrogen and oxygen atoms in total. The van der Waals surface area contributed by atoms with Gasteiger partial charge in [-0.3, -0.25) is 34.1 Å². The summed E-state index contributed by atoms with van der Waals surface area (Å²) < 4.78 is 83.1. The van der Waals surface area contributed by atoms with E-state index in [4.69, 9.17) is 18.9 Å². The van der Waals surface area contributed by atoms with Crippen molar-refractivity contribution in [2.45, 2.75) is 58.0 Å². The van der Waals surface area contributed by atoms with E-state index in [9.17, 15) is 41.9 Å². The number of halogens is 4. The van der Waals surface area contributed by atoms with Crippen LogP contribution in [-0.2, 0) is 28.0 Å². The van der Waals surface area contributed by atoms with Crippen molar-refractivity contribution in [1.29, 1.82) is 0 Å². The van der Waals surface area contributed by atoms with Gasteiger partial charge >= 0.3 is 6.36 Å². The van der Waals surface area contributed by atoms with Gasteiger partial charge in [0.1, 0.15) is 29.4 Å². The van der Waals surface area contributed by atoms with Crippen molar-refractivity contribution in [2.75, 3.05) is 38.7 Å². The molecule has 5 heterocycles. The van der Waals surface area contributed by atoms with Crippen molar-refractivity contribution in [2.24, 2.45) is 13.0 Å². The van der Waals surface area contributed by atoms with Crippen LogP contribution in [0.4, 0.5) is 23.2 Å². The minimum absolute atomic E-state index is 0.0578. The van der Waals surface area contributed by atoms with Crippen LogP contribution < -0.4 is 39.7 Å². The molecular formula is C50H45F4N7O11. The standard InChI is InChI=1S/C50H45F4N7O11/c1-26-44(45(64)34-20-31(72-50(52,53)54)6-8-37(34)59(26)2)47(66)57-29-4-10-39(35(51)19-29)71-48-33-21-40(68-3)41(22-36(33)55-25-56-48)70-24-43(63)60-15-12-27(13-16-60)14-17-69-30-5-7-32-28(18-30)23-61(49(32)67)38-9-11-42(62)58-46(38)65/h4-8,10,18-22,25,27,38H,9,11-17,23-24H2,1-3H3,(H,57,66)(H,58,62,65). The molecular weight excluding hydrogens is 951 g/mol. The van der Waals surface area contributed by atoms with Crippen LogP contribution in [0.3, 0.4) is 0 Å². The number of carbonyl (C=O) groups excluding carboxylic acids is 5. The van der Waals surface area contributed by atoms with Gasteiger partial charge in [0, 0.05) is 62.2 Å². The average Bonchev–Trinajstić information content (AvgIpc) is 3.67. The Hall–Kier alpha value is -8.30. The average molecular weight is 996 g/mol. The van der Waals surface area contributed by atoms with Crippen LogP contribution in [0.15, 0.2) is 77.9 Å². The third kappa shape index (κ3) is 10.1. The van der Waals surface area contributed by atoms with Crippen LogP contribution in [0, 0.1) is 18.7 Å². The Bertz CT molecular complexity index is 3250. The van der Waals surface area contributed by atoms with E-state index in [0.717, 1.165) is 43.0 Å². The summed E-state index contributed by atoms with van der Waals surface area (Å²) in [6.45, 7) is 2.94. The Morgan fingerprint density at radius 3 is 2.39 bits per heavy atom. The van der Waals surface area contributed by atoms with Gasteiger partial charge in [-0.2, -0.15) is 0 Å². The van der Waals surface area contributed by atoms with E-state index in [-0.39, 0.29) is 94.7 Å². The first kappa shape index (κ1) is 48.7. The van der Waals surface area contributed by atoms with E-state index in [1.165, 1.54) is 67.2 Å². The maximum atomic E-state index is 15.6. The molecule has 3 aliphatic heterocycles. The summed E-state index contributed by atoms with van der Waals surface area (Å²) in [5.74, 6) is -2.76. The quantitative estimate of drug-likeness (QED) is 0.0858. The number of benzene rings is 4. The highest BCUT2D eigenvalue weighted by Crippen LogP contribution is 2.38. The van der Waals surface area contributed by atoms with E-state index < -0.39 is 41.2 Å². The molecule has 5 amide bonds. The molecule has 2 N–H and O–H groups in total. The Kier molecular flexibility index (Phi) is 13.4. The lowest BCUT2D eigenvalue weighted by molar-refractivity contribution is -0.274. The summed E-state index contributed by atoms with van der Waals surface area (Å²) in [6.07, 6.45) is -1.07. The molecule has 0 radical (unpaired) electrons. The molecule has 0 spiro atoms. The Labute approximate surface area is 406 Å². The topological polar surface area (TPSA) is 210 Å². The molecule has 1 atom stereocenters. The van der Waals surface area contributed by atoms with Gasteiger partial charge < -0.3 is 43.4 Å². The van der Waals surface area contributed by atoms with Crippen LogP contribution in [0.5, 0.6) is 34.6 Å². The molecule has 0 bridgehead atoms. The van der Waals surface area contributed by atoms with Gasteiger partial charge in [0.15, 0.2) is 29.7 Å². The number of likely N-dealkylation sites (tertiary alicyclic amines) is 1. The molecule has 2 fully saturated rings. The first-order valence-corrected chi connectivity index (χ1v) is 22.8. The number of nitrogens with one attached hydrogen (secondary N) is 2. The van der Waals surface area contributed by atoms with Crippen LogP contribution >= 0.6 is 0 Å². The molecule has 1 unspecified atom stereocenters. The summed E-state index contributed by atoms with van der Waals surface area (Å²) in [7, 11) is 2.94. The largest absolute Gasteiger partial charge is 0.573 e. The molecule has 72 heavy (non-hydrogen) atoms. The van der Waals surface area contributed by atoms with Crippen molar-refractivity contribution >= 4 is 57.0 Å². The molecule has 2 saturated heterocycles. The zero-order valence-corrected chi connectivity index (χ0v) is 38.9. The van der Waals surface area contributed by atoms with Crippen LogP contribution in [0.1, 0.15) is 64.1 Å². The van der Waals surface area contributed by atoms with Crippen LogP contribution in [0.25, 0.3) is 21.8 Å². The first-order valence-electron chi connectivity index (χ1n) is 22.8. The highest BCUT2D eigenvalue weighted by molar-refractivity contribution is 6.07. The number of aryl methyl sites for hydroxylation is 1. The molecule has 2 aromatic heterocycles. The molecule has 6 aromatic rings. The van der Waals surface area contributed by atoms with Gasteiger partial charge in [-0.05, 0) is 98.7 Å². The maximum Gasteiger partial charge on any atom is 0.573 e. The second kappa shape index (κ2) is 19.8. The van der Waals surface area contributed by atoms with E-state index in [1.54, 1.807) is 17.0 Å². The number of fused-ring (bicyclic) bond motifs is 3. The molecule has 0 saturated carbocycles. The predicted molar refractivity (Wildman–Crippen MR) is 249 cm³/mol. The number of hydrogen-bond donors (Lipinski definition) is 2. The third-order valence-electron chi connectivity index (χ3n) is 13.0. The monoisotopic (exact) mass is 995 g/mol. The summed E-state index contributed by atoms with van der Waals surface area (Å²) in [5.41, 5.74) is 0.769. The number of methoxy groups -OCH3 is 1. The fourth-order valence-electron chi connectivity index (χ4n) is 9.14. The van der Waals surface area contributed by atoms with E-state index in [1.807, 2.05) is 6.07 Å². The van der Waals surface area contributed by atoms with Gasteiger partial charge in [-0.15, -0.1) is 13.2 Å². The molecule has 4 aromatic carbocycles. The smallest absolute Gasteiger partial charge is 0.494 e. The van der Waals surface area contributed by atoms with Crippen LogP contribution in [-0.4, -0.2) is 99.7 Å². The lowest BCUT2D eigenvalue weighted by atomic mass is 9.94. The van der Waals surface area contributed by atoms with Gasteiger partial charge in [-0.25, -0.2) is 14.4 Å². The summed E-state index contributed by atoms with van der Waals surface area (Å²) in [5, 5.41) is 4.89. The van der Waals surface area contributed by atoms with Gasteiger partial charge in [0.05, 0.1) is 35.5 Å². The number of aromatic nitrogens is 3. The Balaban J connectivity index is 0.773. The highest BCUT2D eigenvalue weighted by Gasteiger charge is 2.39. The minimum Gasteiger partial charge on any atom is -0.494 e. The fraction of sp³-hybridized carbons (Fsp3) is 0.320.